The highest BCUT2D eigenvalue weighted by Crippen LogP contribution is 2.13. The molecule has 1 N–H and O–H groups in total. The summed E-state index contributed by atoms with van der Waals surface area (Å²) in [4.78, 5) is 11.0. The molecule has 0 saturated carbocycles. The molecule has 0 aliphatic carbocycles. The zero-order valence-electron chi connectivity index (χ0n) is 12.6. The van der Waals surface area contributed by atoms with Gasteiger partial charge in [0.25, 0.3) is 0 Å². The zero-order chi connectivity index (χ0) is 15.0. The van der Waals surface area contributed by atoms with E-state index < -0.39 is 8.80 Å². The predicted molar refractivity (Wildman–Crippen MR) is 81.0 cm³/mol. The van der Waals surface area contributed by atoms with Gasteiger partial charge in [-0.15, -0.1) is 0 Å². The standard InChI is InChI=1S/C14H23NO4Si/c1-5-17-20(18-6-2,19-7-3)14-10-8-13(9-11-14)15-12(4)16/h8-11H,5-7H2,1-4H3,(H,15,16). The number of amides is 1. The minimum atomic E-state index is -2.85. The number of nitrogens with one attached hydrogen (secondary N) is 1. The average Bonchev–Trinajstić information content (AvgIpc) is 2.39. The first-order valence-electron chi connectivity index (χ1n) is 6.88. The van der Waals surface area contributed by atoms with Crippen molar-refractivity contribution < 1.29 is 18.1 Å². The average molecular weight is 297 g/mol. The van der Waals surface area contributed by atoms with Gasteiger partial charge < -0.3 is 18.6 Å². The fourth-order valence-corrected chi connectivity index (χ4v) is 4.37. The van der Waals surface area contributed by atoms with E-state index in [1.165, 1.54) is 6.92 Å². The first-order valence-corrected chi connectivity index (χ1v) is 8.60. The Balaban J connectivity index is 3.02. The van der Waals surface area contributed by atoms with E-state index in [0.29, 0.717) is 19.8 Å². The maximum atomic E-state index is 11.0. The maximum Gasteiger partial charge on any atom is 0.537 e. The van der Waals surface area contributed by atoms with Crippen molar-refractivity contribution in [3.8, 4) is 0 Å². The van der Waals surface area contributed by atoms with Gasteiger partial charge >= 0.3 is 8.80 Å². The quantitative estimate of drug-likeness (QED) is 0.745. The molecule has 0 aliphatic rings. The molecule has 0 aromatic heterocycles. The molecule has 0 bridgehead atoms. The van der Waals surface area contributed by atoms with Gasteiger partial charge in [-0.05, 0) is 32.9 Å². The largest absolute Gasteiger partial charge is 0.537 e. The summed E-state index contributed by atoms with van der Waals surface area (Å²) in [7, 11) is -2.85. The fourth-order valence-electron chi connectivity index (χ4n) is 1.91. The van der Waals surface area contributed by atoms with Gasteiger partial charge in [0.2, 0.25) is 5.91 Å². The molecule has 0 unspecified atom stereocenters. The Labute approximate surface area is 121 Å². The third kappa shape index (κ3) is 4.41. The molecule has 1 aromatic carbocycles. The number of hydrogen-bond acceptors (Lipinski definition) is 4. The van der Waals surface area contributed by atoms with E-state index in [1.807, 2.05) is 45.0 Å². The molecule has 0 saturated heterocycles. The Kier molecular flexibility index (Phi) is 6.87. The SMILES string of the molecule is CCO[Si](OCC)(OCC)c1ccc(NC(C)=O)cc1. The Hall–Kier alpha value is -1.21. The Morgan fingerprint density at radius 1 is 1.00 bits per heavy atom. The van der Waals surface area contributed by atoms with Crippen LogP contribution in [0, 0.1) is 0 Å². The maximum absolute atomic E-state index is 11.0. The van der Waals surface area contributed by atoms with Crippen molar-refractivity contribution in [3.05, 3.63) is 24.3 Å². The lowest BCUT2D eigenvalue weighted by atomic mass is 10.3. The molecule has 20 heavy (non-hydrogen) atoms. The molecule has 1 amide bonds. The van der Waals surface area contributed by atoms with Crippen LogP contribution < -0.4 is 10.5 Å². The molecule has 1 aromatic rings. The summed E-state index contributed by atoms with van der Waals surface area (Å²) in [6.07, 6.45) is 0. The van der Waals surface area contributed by atoms with Crippen molar-refractivity contribution in [2.45, 2.75) is 27.7 Å². The summed E-state index contributed by atoms with van der Waals surface area (Å²) in [5, 5.41) is 3.63. The highest BCUT2D eigenvalue weighted by atomic mass is 28.4. The molecule has 112 valence electrons. The van der Waals surface area contributed by atoms with Gasteiger partial charge in [0.15, 0.2) is 0 Å². The fraction of sp³-hybridized carbons (Fsp3) is 0.500. The second kappa shape index (κ2) is 8.16. The second-order valence-corrected chi connectivity index (χ2v) is 6.67. The summed E-state index contributed by atoms with van der Waals surface area (Å²) in [6, 6.07) is 7.43. The van der Waals surface area contributed by atoms with E-state index in [0.717, 1.165) is 10.9 Å². The van der Waals surface area contributed by atoms with Crippen molar-refractivity contribution in [2.75, 3.05) is 25.1 Å². The van der Waals surface area contributed by atoms with Crippen LogP contribution in [0.3, 0.4) is 0 Å². The lowest BCUT2D eigenvalue weighted by Gasteiger charge is -2.28. The first kappa shape index (κ1) is 16.8. The molecule has 6 heteroatoms. The van der Waals surface area contributed by atoms with Crippen LogP contribution in [-0.4, -0.2) is 34.5 Å². The summed E-state index contributed by atoms with van der Waals surface area (Å²) < 4.78 is 17.5. The normalized spacial score (nSPS) is 11.4. The molecule has 5 nitrogen and oxygen atoms in total. The minimum absolute atomic E-state index is 0.0966. The third-order valence-electron chi connectivity index (χ3n) is 2.56. The molecule has 1 rings (SSSR count). The van der Waals surface area contributed by atoms with Crippen LogP contribution in [-0.2, 0) is 18.1 Å². The molecule has 0 heterocycles. The van der Waals surface area contributed by atoms with E-state index in [4.69, 9.17) is 13.3 Å². The monoisotopic (exact) mass is 297 g/mol. The van der Waals surface area contributed by atoms with Gasteiger partial charge in [-0.25, -0.2) is 0 Å². The number of carbonyl (C=O) groups is 1. The molecule has 0 fully saturated rings. The van der Waals surface area contributed by atoms with E-state index in [9.17, 15) is 4.79 Å². The van der Waals surface area contributed by atoms with E-state index >= 15 is 0 Å². The van der Waals surface area contributed by atoms with Gasteiger partial charge in [-0.2, -0.15) is 0 Å². The smallest absolute Gasteiger partial charge is 0.370 e. The van der Waals surface area contributed by atoms with Gasteiger partial charge in [-0.1, -0.05) is 12.1 Å². The zero-order valence-corrected chi connectivity index (χ0v) is 13.6. The van der Waals surface area contributed by atoms with E-state index in [2.05, 4.69) is 5.32 Å². The number of carbonyl (C=O) groups excluding carboxylic acids is 1. The molecule has 0 aliphatic heterocycles. The second-order valence-electron chi connectivity index (χ2n) is 4.11. The van der Waals surface area contributed by atoms with Crippen molar-refractivity contribution in [1.29, 1.82) is 0 Å². The van der Waals surface area contributed by atoms with Crippen molar-refractivity contribution in [1.82, 2.24) is 0 Å². The van der Waals surface area contributed by atoms with E-state index in [-0.39, 0.29) is 5.91 Å². The number of anilines is 1. The topological polar surface area (TPSA) is 56.8 Å². The summed E-state index contributed by atoms with van der Waals surface area (Å²) in [5.41, 5.74) is 0.744. The Bertz CT molecular complexity index is 405. The van der Waals surface area contributed by atoms with Crippen LogP contribution in [0.1, 0.15) is 27.7 Å². The summed E-state index contributed by atoms with van der Waals surface area (Å²) in [5.74, 6) is -0.0966. The van der Waals surface area contributed by atoms with Crippen LogP contribution in [0.25, 0.3) is 0 Å². The van der Waals surface area contributed by atoms with Gasteiger partial charge in [0.1, 0.15) is 0 Å². The van der Waals surface area contributed by atoms with Crippen LogP contribution >= 0.6 is 0 Å². The van der Waals surface area contributed by atoms with Crippen LogP contribution in [0.15, 0.2) is 24.3 Å². The van der Waals surface area contributed by atoms with Crippen LogP contribution in [0.5, 0.6) is 0 Å². The highest BCUT2D eigenvalue weighted by Gasteiger charge is 2.43. The summed E-state index contributed by atoms with van der Waals surface area (Å²) >= 11 is 0. The van der Waals surface area contributed by atoms with Gasteiger partial charge in [0, 0.05) is 37.6 Å². The molecular formula is C14H23NO4Si. The predicted octanol–water partition coefficient (Wildman–Crippen LogP) is 1.90. The van der Waals surface area contributed by atoms with Crippen LogP contribution in [0.2, 0.25) is 0 Å². The number of hydrogen-bond donors (Lipinski definition) is 1. The Morgan fingerprint density at radius 3 is 1.80 bits per heavy atom. The number of benzene rings is 1. The van der Waals surface area contributed by atoms with Crippen molar-refractivity contribution >= 4 is 25.6 Å². The van der Waals surface area contributed by atoms with E-state index in [1.54, 1.807) is 0 Å². The Morgan fingerprint density at radius 2 is 1.45 bits per heavy atom. The molecular weight excluding hydrogens is 274 g/mol. The lowest BCUT2D eigenvalue weighted by Crippen LogP contribution is -2.56. The first-order chi connectivity index (χ1) is 9.57. The highest BCUT2D eigenvalue weighted by molar-refractivity contribution is 6.75. The van der Waals surface area contributed by atoms with Gasteiger partial charge in [-0.3, -0.25) is 4.79 Å². The molecule has 0 atom stereocenters. The van der Waals surface area contributed by atoms with Crippen LogP contribution in [0.4, 0.5) is 5.69 Å². The summed E-state index contributed by atoms with van der Waals surface area (Å²) in [6.45, 7) is 8.83. The minimum Gasteiger partial charge on any atom is -0.370 e. The third-order valence-corrected chi connectivity index (χ3v) is 5.61. The lowest BCUT2D eigenvalue weighted by molar-refractivity contribution is -0.114. The molecule has 0 radical (unpaired) electrons. The number of rotatable bonds is 8. The van der Waals surface area contributed by atoms with Crippen molar-refractivity contribution in [3.63, 3.8) is 0 Å². The van der Waals surface area contributed by atoms with Crippen molar-refractivity contribution in [2.24, 2.45) is 0 Å². The van der Waals surface area contributed by atoms with Gasteiger partial charge in [0.05, 0.1) is 0 Å². The molecule has 0 spiro atoms.